The monoisotopic (exact) mass is 374 g/mol. The van der Waals surface area contributed by atoms with Crippen LogP contribution in [0.15, 0.2) is 29.3 Å². The molecule has 6 heteroatoms. The number of carbonyl (C=O) groups is 1. The summed E-state index contributed by atoms with van der Waals surface area (Å²) in [6.45, 7) is 7.86. The molecule has 1 aromatic carbocycles. The molecular formula is C21H34N4O2. The van der Waals surface area contributed by atoms with E-state index in [0.29, 0.717) is 13.0 Å². The Morgan fingerprint density at radius 1 is 1.33 bits per heavy atom. The fraction of sp³-hybridized carbons (Fsp3) is 0.619. The summed E-state index contributed by atoms with van der Waals surface area (Å²) in [6.07, 6.45) is 4.02. The average Bonchev–Trinajstić information content (AvgIpc) is 3.47. The molecule has 0 spiro atoms. The highest BCUT2D eigenvalue weighted by Crippen LogP contribution is 2.28. The van der Waals surface area contributed by atoms with Crippen molar-refractivity contribution in [2.24, 2.45) is 10.9 Å². The van der Waals surface area contributed by atoms with Crippen LogP contribution in [-0.4, -0.2) is 50.1 Å². The lowest BCUT2D eigenvalue weighted by Gasteiger charge is -2.22. The van der Waals surface area contributed by atoms with Gasteiger partial charge in [0, 0.05) is 38.9 Å². The molecule has 0 saturated heterocycles. The second kappa shape index (κ2) is 11.6. The number of hydrogen-bond donors (Lipinski definition) is 2. The van der Waals surface area contributed by atoms with Gasteiger partial charge in [0.05, 0.1) is 13.2 Å². The van der Waals surface area contributed by atoms with Crippen molar-refractivity contribution in [2.75, 3.05) is 38.7 Å². The van der Waals surface area contributed by atoms with Crippen molar-refractivity contribution >= 4 is 17.6 Å². The third-order valence-corrected chi connectivity index (χ3v) is 4.42. The molecule has 150 valence electrons. The summed E-state index contributed by atoms with van der Waals surface area (Å²) in [6, 6.07) is 7.88. The van der Waals surface area contributed by atoms with Crippen molar-refractivity contribution < 1.29 is 9.53 Å². The Morgan fingerprint density at radius 2 is 2.15 bits per heavy atom. The molecule has 1 aliphatic rings. The molecule has 1 aromatic rings. The van der Waals surface area contributed by atoms with Gasteiger partial charge in [-0.1, -0.05) is 19.1 Å². The van der Waals surface area contributed by atoms with E-state index in [1.807, 2.05) is 38.2 Å². The summed E-state index contributed by atoms with van der Waals surface area (Å²) in [5, 5.41) is 6.27. The fourth-order valence-corrected chi connectivity index (χ4v) is 2.68. The minimum atomic E-state index is 0.0532. The number of nitrogens with zero attached hydrogens (tertiary/aromatic N) is 2. The molecule has 6 nitrogen and oxygen atoms in total. The van der Waals surface area contributed by atoms with E-state index in [2.05, 4.69) is 22.5 Å². The third kappa shape index (κ3) is 8.43. The van der Waals surface area contributed by atoms with E-state index in [4.69, 9.17) is 9.73 Å². The van der Waals surface area contributed by atoms with Crippen LogP contribution in [-0.2, 0) is 16.1 Å². The summed E-state index contributed by atoms with van der Waals surface area (Å²) in [5.41, 5.74) is 1.89. The number of carbonyl (C=O) groups excluding carboxylic acids is 1. The zero-order chi connectivity index (χ0) is 19.5. The van der Waals surface area contributed by atoms with Crippen LogP contribution in [0, 0.1) is 5.92 Å². The van der Waals surface area contributed by atoms with Crippen molar-refractivity contribution in [3.63, 3.8) is 0 Å². The Balaban J connectivity index is 1.87. The number of likely N-dealkylation sites (N-methyl/N-ethyl adjacent to an activating group) is 1. The Bertz CT molecular complexity index is 614. The summed E-state index contributed by atoms with van der Waals surface area (Å²) in [7, 11) is 2.03. The zero-order valence-corrected chi connectivity index (χ0v) is 17.0. The smallest absolute Gasteiger partial charge is 0.224 e. The minimum Gasteiger partial charge on any atom is -0.379 e. The normalized spacial score (nSPS) is 14.1. The number of hydrogen-bond acceptors (Lipinski definition) is 3. The molecule has 0 radical (unpaired) electrons. The first-order chi connectivity index (χ1) is 13.1. The number of aliphatic imine (C=N–C) groups is 1. The molecule has 1 fully saturated rings. The molecule has 2 N–H and O–H groups in total. The molecular weight excluding hydrogens is 340 g/mol. The first kappa shape index (κ1) is 21.2. The van der Waals surface area contributed by atoms with Crippen molar-refractivity contribution in [1.82, 2.24) is 10.2 Å². The lowest BCUT2D eigenvalue weighted by atomic mass is 10.2. The van der Waals surface area contributed by atoms with Crippen LogP contribution in [0.3, 0.4) is 0 Å². The summed E-state index contributed by atoms with van der Waals surface area (Å²) in [4.78, 5) is 18.6. The molecule has 1 aliphatic carbocycles. The highest BCUT2D eigenvalue weighted by molar-refractivity contribution is 5.90. The molecule has 1 saturated carbocycles. The molecule has 0 heterocycles. The third-order valence-electron chi connectivity index (χ3n) is 4.42. The highest BCUT2D eigenvalue weighted by atomic mass is 16.5. The van der Waals surface area contributed by atoms with E-state index in [-0.39, 0.29) is 5.91 Å². The first-order valence-corrected chi connectivity index (χ1v) is 10.1. The molecule has 2 rings (SSSR count). The van der Waals surface area contributed by atoms with Crippen LogP contribution >= 0.6 is 0 Å². The van der Waals surface area contributed by atoms with Gasteiger partial charge in [0.15, 0.2) is 5.96 Å². The van der Waals surface area contributed by atoms with E-state index in [0.717, 1.165) is 55.9 Å². The van der Waals surface area contributed by atoms with Gasteiger partial charge in [0.2, 0.25) is 5.91 Å². The van der Waals surface area contributed by atoms with Crippen molar-refractivity contribution in [2.45, 2.75) is 46.1 Å². The van der Waals surface area contributed by atoms with Gasteiger partial charge >= 0.3 is 0 Å². The summed E-state index contributed by atoms with van der Waals surface area (Å²) >= 11 is 0. The summed E-state index contributed by atoms with van der Waals surface area (Å²) < 4.78 is 5.73. The van der Waals surface area contributed by atoms with Crippen LogP contribution < -0.4 is 10.6 Å². The second-order valence-electron chi connectivity index (χ2n) is 7.11. The number of anilines is 1. The van der Waals surface area contributed by atoms with Crippen LogP contribution in [0.1, 0.15) is 45.1 Å². The van der Waals surface area contributed by atoms with E-state index in [1.165, 1.54) is 12.8 Å². The molecule has 1 amide bonds. The van der Waals surface area contributed by atoms with Crippen LogP contribution in [0.25, 0.3) is 0 Å². The van der Waals surface area contributed by atoms with Crippen molar-refractivity contribution in [3.05, 3.63) is 29.8 Å². The van der Waals surface area contributed by atoms with E-state index < -0.39 is 0 Å². The Kier molecular flexibility index (Phi) is 9.11. The number of guanidine groups is 1. The lowest BCUT2D eigenvalue weighted by molar-refractivity contribution is -0.116. The summed E-state index contributed by atoms with van der Waals surface area (Å²) in [5.74, 6) is 1.72. The van der Waals surface area contributed by atoms with E-state index in [1.54, 1.807) is 0 Å². The molecule has 0 atom stereocenters. The number of ether oxygens (including phenoxy) is 1. The molecule has 0 bridgehead atoms. The van der Waals surface area contributed by atoms with Crippen LogP contribution in [0.2, 0.25) is 0 Å². The van der Waals surface area contributed by atoms with Crippen molar-refractivity contribution in [1.29, 1.82) is 0 Å². The highest BCUT2D eigenvalue weighted by Gasteiger charge is 2.21. The van der Waals surface area contributed by atoms with Gasteiger partial charge < -0.3 is 20.3 Å². The number of rotatable bonds is 11. The minimum absolute atomic E-state index is 0.0532. The maximum atomic E-state index is 11.8. The maximum Gasteiger partial charge on any atom is 0.224 e. The van der Waals surface area contributed by atoms with E-state index in [9.17, 15) is 4.79 Å². The van der Waals surface area contributed by atoms with Gasteiger partial charge in [-0.15, -0.1) is 0 Å². The van der Waals surface area contributed by atoms with Crippen molar-refractivity contribution in [3.8, 4) is 0 Å². The predicted octanol–water partition coefficient (Wildman–Crippen LogP) is 3.25. The standard InChI is InChI=1S/C21H34N4O2/c1-4-7-20(26)24-19-9-6-8-18(14-19)15-23-21(22-5-2)25(3)12-13-27-16-17-10-11-17/h6,8-9,14,17H,4-5,7,10-13,15-16H2,1-3H3,(H,22,23)(H,24,26). The number of nitrogens with one attached hydrogen (secondary N) is 2. The predicted molar refractivity (Wildman–Crippen MR) is 111 cm³/mol. The Morgan fingerprint density at radius 3 is 2.85 bits per heavy atom. The Hall–Kier alpha value is -2.08. The SMILES string of the molecule is CCCC(=O)Nc1cccc(CN=C(NCC)N(C)CCOCC2CC2)c1. The van der Waals surface area contributed by atoms with Gasteiger partial charge in [-0.25, -0.2) is 4.99 Å². The second-order valence-corrected chi connectivity index (χ2v) is 7.11. The van der Waals surface area contributed by atoms with Gasteiger partial charge in [0.1, 0.15) is 0 Å². The largest absolute Gasteiger partial charge is 0.379 e. The molecule has 27 heavy (non-hydrogen) atoms. The van der Waals surface area contributed by atoms with E-state index >= 15 is 0 Å². The lowest BCUT2D eigenvalue weighted by Crippen LogP contribution is -2.40. The topological polar surface area (TPSA) is 66.0 Å². The average molecular weight is 375 g/mol. The zero-order valence-electron chi connectivity index (χ0n) is 17.0. The quantitative estimate of drug-likeness (QED) is 0.354. The molecule has 0 unspecified atom stereocenters. The van der Waals surface area contributed by atoms with Gasteiger partial charge in [-0.2, -0.15) is 0 Å². The Labute approximate surface area is 163 Å². The fourth-order valence-electron chi connectivity index (χ4n) is 2.68. The van der Waals surface area contributed by atoms with Crippen LogP contribution in [0.4, 0.5) is 5.69 Å². The maximum absolute atomic E-state index is 11.8. The molecule has 0 aliphatic heterocycles. The first-order valence-electron chi connectivity index (χ1n) is 10.1. The number of amides is 1. The van der Waals surface area contributed by atoms with Crippen LogP contribution in [0.5, 0.6) is 0 Å². The molecule has 0 aromatic heterocycles. The number of benzene rings is 1. The van der Waals surface area contributed by atoms with Gasteiger partial charge in [0.25, 0.3) is 0 Å². The van der Waals surface area contributed by atoms with Gasteiger partial charge in [-0.3, -0.25) is 4.79 Å². The van der Waals surface area contributed by atoms with Gasteiger partial charge in [-0.05, 0) is 49.8 Å².